The van der Waals surface area contributed by atoms with E-state index in [1.54, 1.807) is 12.1 Å². The van der Waals surface area contributed by atoms with Crippen LogP contribution in [0.25, 0.3) is 0 Å². The Balaban J connectivity index is 2.51. The summed E-state index contributed by atoms with van der Waals surface area (Å²) in [6.07, 6.45) is 1.86. The number of urea groups is 1. The number of nitrogens with one attached hydrogen (secondary N) is 2. The average molecular weight is 221 g/mol. The van der Waals surface area contributed by atoms with Crippen LogP contribution in [0, 0.1) is 0 Å². The molecule has 0 bridgehead atoms. The number of amides is 2. The third-order valence-electron chi connectivity index (χ3n) is 2.47. The van der Waals surface area contributed by atoms with Gasteiger partial charge in [-0.3, -0.25) is 0 Å². The third-order valence-corrected chi connectivity index (χ3v) is 2.47. The van der Waals surface area contributed by atoms with Crippen molar-refractivity contribution in [2.24, 2.45) is 0 Å². The minimum absolute atomic E-state index is 0.181. The Hall–Kier alpha value is -1.71. The lowest BCUT2D eigenvalue weighted by molar-refractivity contribution is 0.247. The fraction of sp³-hybridized carbons (Fsp3) is 0.417. The lowest BCUT2D eigenvalue weighted by atomic mass is 10.2. The SMILES string of the molecule is CCC(CC)NC(=O)Nc1cccc(N)c1. The molecular weight excluding hydrogens is 202 g/mol. The van der Waals surface area contributed by atoms with Gasteiger partial charge in [-0.2, -0.15) is 0 Å². The van der Waals surface area contributed by atoms with E-state index in [-0.39, 0.29) is 12.1 Å². The molecule has 0 aliphatic rings. The summed E-state index contributed by atoms with van der Waals surface area (Å²) in [5.41, 5.74) is 6.97. The van der Waals surface area contributed by atoms with Crippen LogP contribution in [0.3, 0.4) is 0 Å². The molecule has 1 aromatic carbocycles. The number of carbonyl (C=O) groups excluding carboxylic acids is 1. The molecule has 0 spiro atoms. The molecule has 0 saturated carbocycles. The summed E-state index contributed by atoms with van der Waals surface area (Å²) in [5, 5.41) is 5.65. The molecule has 4 nitrogen and oxygen atoms in total. The Kier molecular flexibility index (Phi) is 4.64. The van der Waals surface area contributed by atoms with E-state index in [1.807, 2.05) is 12.1 Å². The molecule has 2 amide bonds. The molecule has 0 aliphatic carbocycles. The second kappa shape index (κ2) is 6.00. The first-order valence-corrected chi connectivity index (χ1v) is 5.58. The maximum absolute atomic E-state index is 11.6. The predicted molar refractivity (Wildman–Crippen MR) is 67.4 cm³/mol. The van der Waals surface area contributed by atoms with Crippen molar-refractivity contribution in [2.45, 2.75) is 32.7 Å². The highest BCUT2D eigenvalue weighted by molar-refractivity contribution is 5.89. The maximum atomic E-state index is 11.6. The van der Waals surface area contributed by atoms with Gasteiger partial charge in [0.05, 0.1) is 0 Å². The number of benzene rings is 1. The predicted octanol–water partition coefficient (Wildman–Crippen LogP) is 2.58. The Labute approximate surface area is 96.2 Å². The number of nitrogen functional groups attached to an aromatic ring is 1. The molecule has 1 rings (SSSR count). The van der Waals surface area contributed by atoms with E-state index in [9.17, 15) is 4.79 Å². The number of hydrogen-bond donors (Lipinski definition) is 3. The minimum atomic E-state index is -0.181. The molecule has 0 saturated heterocycles. The van der Waals surface area contributed by atoms with E-state index in [2.05, 4.69) is 24.5 Å². The summed E-state index contributed by atoms with van der Waals surface area (Å²) in [4.78, 5) is 11.6. The Morgan fingerprint density at radius 2 is 2.06 bits per heavy atom. The molecule has 4 heteroatoms. The zero-order valence-electron chi connectivity index (χ0n) is 9.79. The molecule has 0 fully saturated rings. The Bertz CT molecular complexity index is 348. The van der Waals surface area contributed by atoms with E-state index < -0.39 is 0 Å². The third kappa shape index (κ3) is 3.81. The maximum Gasteiger partial charge on any atom is 0.319 e. The molecular formula is C12H19N3O. The molecule has 0 aliphatic heterocycles. The fourth-order valence-electron chi connectivity index (χ4n) is 1.46. The average Bonchev–Trinajstić information content (AvgIpc) is 2.26. The van der Waals surface area contributed by atoms with Gasteiger partial charge >= 0.3 is 6.03 Å². The van der Waals surface area contributed by atoms with Crippen LogP contribution < -0.4 is 16.4 Å². The lowest BCUT2D eigenvalue weighted by Crippen LogP contribution is -2.37. The lowest BCUT2D eigenvalue weighted by Gasteiger charge is -2.15. The van der Waals surface area contributed by atoms with Crippen molar-refractivity contribution in [3.05, 3.63) is 24.3 Å². The van der Waals surface area contributed by atoms with Crippen LogP contribution in [0.2, 0.25) is 0 Å². The van der Waals surface area contributed by atoms with Crippen LogP contribution in [-0.4, -0.2) is 12.1 Å². The second-order valence-corrected chi connectivity index (χ2v) is 3.74. The van der Waals surface area contributed by atoms with Crippen molar-refractivity contribution >= 4 is 17.4 Å². The van der Waals surface area contributed by atoms with Gasteiger partial charge in [0.15, 0.2) is 0 Å². The highest BCUT2D eigenvalue weighted by Gasteiger charge is 2.07. The number of anilines is 2. The quantitative estimate of drug-likeness (QED) is 0.684. The zero-order valence-corrected chi connectivity index (χ0v) is 9.79. The van der Waals surface area contributed by atoms with Crippen LogP contribution >= 0.6 is 0 Å². The molecule has 4 N–H and O–H groups in total. The van der Waals surface area contributed by atoms with Crippen LogP contribution in [0.5, 0.6) is 0 Å². The van der Waals surface area contributed by atoms with Gasteiger partial charge in [0.2, 0.25) is 0 Å². The van der Waals surface area contributed by atoms with Crippen LogP contribution in [0.4, 0.5) is 16.2 Å². The molecule has 0 atom stereocenters. The van der Waals surface area contributed by atoms with E-state index in [1.165, 1.54) is 0 Å². The molecule has 0 heterocycles. The Morgan fingerprint density at radius 3 is 2.62 bits per heavy atom. The minimum Gasteiger partial charge on any atom is -0.399 e. The normalized spacial score (nSPS) is 10.2. The summed E-state index contributed by atoms with van der Waals surface area (Å²) in [6, 6.07) is 7.17. The van der Waals surface area contributed by atoms with E-state index >= 15 is 0 Å². The van der Waals surface area contributed by atoms with Gasteiger partial charge in [0.25, 0.3) is 0 Å². The summed E-state index contributed by atoms with van der Waals surface area (Å²) in [6.45, 7) is 4.10. The van der Waals surface area contributed by atoms with Crippen molar-refractivity contribution in [2.75, 3.05) is 11.1 Å². The van der Waals surface area contributed by atoms with Crippen LogP contribution in [-0.2, 0) is 0 Å². The highest BCUT2D eigenvalue weighted by Crippen LogP contribution is 2.11. The van der Waals surface area contributed by atoms with E-state index in [0.717, 1.165) is 12.8 Å². The number of rotatable bonds is 4. The monoisotopic (exact) mass is 221 g/mol. The van der Waals surface area contributed by atoms with Crippen LogP contribution in [0.1, 0.15) is 26.7 Å². The first-order valence-electron chi connectivity index (χ1n) is 5.58. The molecule has 0 radical (unpaired) electrons. The molecule has 0 unspecified atom stereocenters. The summed E-state index contributed by atoms with van der Waals surface area (Å²) < 4.78 is 0. The highest BCUT2D eigenvalue weighted by atomic mass is 16.2. The summed E-state index contributed by atoms with van der Waals surface area (Å²) >= 11 is 0. The van der Waals surface area contributed by atoms with Crippen molar-refractivity contribution in [1.82, 2.24) is 5.32 Å². The second-order valence-electron chi connectivity index (χ2n) is 3.74. The molecule has 16 heavy (non-hydrogen) atoms. The van der Waals surface area contributed by atoms with Gasteiger partial charge < -0.3 is 16.4 Å². The van der Waals surface area contributed by atoms with Crippen LogP contribution in [0.15, 0.2) is 24.3 Å². The molecule has 0 aromatic heterocycles. The first kappa shape index (κ1) is 12.4. The molecule has 88 valence electrons. The smallest absolute Gasteiger partial charge is 0.319 e. The zero-order chi connectivity index (χ0) is 12.0. The number of hydrogen-bond acceptors (Lipinski definition) is 2. The van der Waals surface area contributed by atoms with Gasteiger partial charge in [-0.1, -0.05) is 19.9 Å². The Morgan fingerprint density at radius 1 is 1.38 bits per heavy atom. The number of carbonyl (C=O) groups is 1. The summed E-state index contributed by atoms with van der Waals surface area (Å²) in [5.74, 6) is 0. The first-order chi connectivity index (χ1) is 7.65. The van der Waals surface area contributed by atoms with Crippen molar-refractivity contribution in [3.8, 4) is 0 Å². The van der Waals surface area contributed by atoms with E-state index in [0.29, 0.717) is 11.4 Å². The fourth-order valence-corrected chi connectivity index (χ4v) is 1.46. The topological polar surface area (TPSA) is 67.2 Å². The standard InChI is InChI=1S/C12H19N3O/c1-3-10(4-2)14-12(16)15-11-7-5-6-9(13)8-11/h5-8,10H,3-4,13H2,1-2H3,(H2,14,15,16). The van der Waals surface area contributed by atoms with Crippen molar-refractivity contribution in [1.29, 1.82) is 0 Å². The van der Waals surface area contributed by atoms with Crippen molar-refractivity contribution < 1.29 is 4.79 Å². The van der Waals surface area contributed by atoms with Gasteiger partial charge in [-0.15, -0.1) is 0 Å². The van der Waals surface area contributed by atoms with Gasteiger partial charge in [0, 0.05) is 17.4 Å². The van der Waals surface area contributed by atoms with Gasteiger partial charge in [-0.05, 0) is 31.0 Å². The molecule has 1 aromatic rings. The van der Waals surface area contributed by atoms with E-state index in [4.69, 9.17) is 5.73 Å². The summed E-state index contributed by atoms with van der Waals surface area (Å²) in [7, 11) is 0. The van der Waals surface area contributed by atoms with Gasteiger partial charge in [-0.25, -0.2) is 4.79 Å². The van der Waals surface area contributed by atoms with Crippen molar-refractivity contribution in [3.63, 3.8) is 0 Å². The largest absolute Gasteiger partial charge is 0.399 e. The number of nitrogens with two attached hydrogens (primary N) is 1. The van der Waals surface area contributed by atoms with Gasteiger partial charge in [0.1, 0.15) is 0 Å².